The van der Waals surface area contributed by atoms with Gasteiger partial charge in [-0.2, -0.15) is 0 Å². The predicted octanol–water partition coefficient (Wildman–Crippen LogP) is 3.41. The smallest absolute Gasteiger partial charge is 0.191 e. The summed E-state index contributed by atoms with van der Waals surface area (Å²) in [6, 6.07) is 16.6. The van der Waals surface area contributed by atoms with Crippen molar-refractivity contribution in [2.24, 2.45) is 4.99 Å². The van der Waals surface area contributed by atoms with Gasteiger partial charge in [0.15, 0.2) is 5.96 Å². The maximum Gasteiger partial charge on any atom is 0.191 e. The van der Waals surface area contributed by atoms with Crippen molar-refractivity contribution in [3.63, 3.8) is 0 Å². The number of ether oxygens (including phenoxy) is 1. The first-order valence-corrected chi connectivity index (χ1v) is 10.6. The molecule has 0 saturated heterocycles. The number of para-hydroxylation sites is 1. The third kappa shape index (κ3) is 6.52. The Morgan fingerprint density at radius 3 is 2.80 bits per heavy atom. The molecule has 0 unspecified atom stereocenters. The van der Waals surface area contributed by atoms with Crippen LogP contribution in [0.15, 0.2) is 59.7 Å². The number of aromatic nitrogens is 1. The number of aliphatic imine (C=N–C) groups is 1. The molecule has 160 valence electrons. The molecule has 6 nitrogen and oxygen atoms in total. The Labute approximate surface area is 179 Å². The summed E-state index contributed by atoms with van der Waals surface area (Å²) in [6.07, 6.45) is 3.03. The second-order valence-corrected chi connectivity index (χ2v) is 7.53. The number of guanidine groups is 1. The second-order valence-electron chi connectivity index (χ2n) is 7.53. The van der Waals surface area contributed by atoms with Crippen molar-refractivity contribution in [1.82, 2.24) is 20.5 Å². The van der Waals surface area contributed by atoms with E-state index in [-0.39, 0.29) is 0 Å². The lowest BCUT2D eigenvalue weighted by Gasteiger charge is -2.12. The molecule has 3 N–H and O–H groups in total. The normalized spacial score (nSPS) is 11.8. The molecule has 6 heteroatoms. The maximum atomic E-state index is 5.83. The molecule has 0 atom stereocenters. The second kappa shape index (κ2) is 11.3. The molecule has 0 aliphatic carbocycles. The molecule has 1 heterocycles. The van der Waals surface area contributed by atoms with Crippen molar-refractivity contribution in [1.29, 1.82) is 0 Å². The molecule has 0 radical (unpaired) electrons. The van der Waals surface area contributed by atoms with E-state index in [4.69, 9.17) is 9.73 Å². The number of nitrogens with one attached hydrogen (secondary N) is 3. The first-order chi connectivity index (χ1) is 14.7. The van der Waals surface area contributed by atoms with E-state index in [1.165, 1.54) is 16.5 Å². The molecule has 3 rings (SSSR count). The lowest BCUT2D eigenvalue weighted by atomic mass is 10.1. The molecule has 0 spiro atoms. The summed E-state index contributed by atoms with van der Waals surface area (Å²) >= 11 is 0. The van der Waals surface area contributed by atoms with Gasteiger partial charge in [0, 0.05) is 36.7 Å². The average Bonchev–Trinajstić information content (AvgIpc) is 3.15. The summed E-state index contributed by atoms with van der Waals surface area (Å²) in [5, 5.41) is 8.05. The number of nitrogens with zero attached hydrogens (tertiary/aromatic N) is 2. The summed E-state index contributed by atoms with van der Waals surface area (Å²) in [4.78, 5) is 10.2. The molecule has 0 aliphatic heterocycles. The molecule has 30 heavy (non-hydrogen) atoms. The Bertz CT molecular complexity index is 947. The van der Waals surface area contributed by atoms with Crippen molar-refractivity contribution < 1.29 is 4.74 Å². The maximum absolute atomic E-state index is 5.83. The van der Waals surface area contributed by atoms with Crippen LogP contribution in [0.3, 0.4) is 0 Å². The number of hydrogen-bond acceptors (Lipinski definition) is 3. The number of hydrogen-bond donors (Lipinski definition) is 3. The summed E-state index contributed by atoms with van der Waals surface area (Å²) < 4.78 is 5.83. The van der Waals surface area contributed by atoms with Gasteiger partial charge in [-0.05, 0) is 56.8 Å². The van der Waals surface area contributed by atoms with Gasteiger partial charge in [-0.3, -0.25) is 0 Å². The third-order valence-electron chi connectivity index (χ3n) is 4.83. The summed E-state index contributed by atoms with van der Waals surface area (Å²) in [5.74, 6) is 1.72. The van der Waals surface area contributed by atoms with Crippen LogP contribution >= 0.6 is 0 Å². The molecule has 0 aliphatic rings. The van der Waals surface area contributed by atoms with E-state index < -0.39 is 0 Å². The van der Waals surface area contributed by atoms with E-state index in [1.54, 1.807) is 0 Å². The van der Waals surface area contributed by atoms with E-state index in [9.17, 15) is 0 Å². The minimum Gasteiger partial charge on any atom is -0.492 e. The fraction of sp³-hybridized carbons (Fsp3) is 0.375. The van der Waals surface area contributed by atoms with Gasteiger partial charge < -0.3 is 25.3 Å². The average molecular weight is 408 g/mol. The van der Waals surface area contributed by atoms with Gasteiger partial charge >= 0.3 is 0 Å². The summed E-state index contributed by atoms with van der Waals surface area (Å²) in [5.41, 5.74) is 3.63. The first kappa shape index (κ1) is 21.7. The molecule has 0 amide bonds. The Morgan fingerprint density at radius 2 is 1.97 bits per heavy atom. The standard InChI is InChI=1S/C24H33N5O/c1-4-25-24(26-13-12-20-18-27-23-11-6-5-10-22(20)23)28-17-19-8-7-9-21(16-19)30-15-14-29(2)3/h5-11,16,18,27H,4,12-15,17H2,1-3H3,(H2,25,26,28). The number of H-pyrrole nitrogens is 1. The minimum absolute atomic E-state index is 0.604. The number of aromatic amines is 1. The van der Waals surface area contributed by atoms with Crippen molar-refractivity contribution in [3.8, 4) is 5.75 Å². The van der Waals surface area contributed by atoms with Crippen LogP contribution in [0.2, 0.25) is 0 Å². The van der Waals surface area contributed by atoms with Crippen LogP contribution in [0.1, 0.15) is 18.1 Å². The largest absolute Gasteiger partial charge is 0.492 e. The van der Waals surface area contributed by atoms with E-state index in [2.05, 4.69) is 70.0 Å². The van der Waals surface area contributed by atoms with Crippen LogP contribution in [0.25, 0.3) is 10.9 Å². The quantitative estimate of drug-likeness (QED) is 0.356. The zero-order chi connectivity index (χ0) is 21.2. The zero-order valence-corrected chi connectivity index (χ0v) is 18.2. The summed E-state index contributed by atoms with van der Waals surface area (Å²) in [6.45, 7) is 5.91. The lowest BCUT2D eigenvalue weighted by molar-refractivity contribution is 0.261. The van der Waals surface area contributed by atoms with Gasteiger partial charge in [0.2, 0.25) is 0 Å². The van der Waals surface area contributed by atoms with E-state index in [0.29, 0.717) is 13.2 Å². The fourth-order valence-electron chi connectivity index (χ4n) is 3.25. The van der Waals surface area contributed by atoms with Crippen LogP contribution in [0, 0.1) is 0 Å². The Morgan fingerprint density at radius 1 is 1.10 bits per heavy atom. The van der Waals surface area contributed by atoms with Gasteiger partial charge in [0.05, 0.1) is 6.54 Å². The fourth-order valence-corrected chi connectivity index (χ4v) is 3.25. The Kier molecular flexibility index (Phi) is 8.15. The predicted molar refractivity (Wildman–Crippen MR) is 125 cm³/mol. The molecular formula is C24H33N5O. The third-order valence-corrected chi connectivity index (χ3v) is 4.83. The van der Waals surface area contributed by atoms with Crippen molar-refractivity contribution in [2.75, 3.05) is 40.3 Å². The van der Waals surface area contributed by atoms with Crippen LogP contribution in [0.5, 0.6) is 5.75 Å². The van der Waals surface area contributed by atoms with Gasteiger partial charge in [0.25, 0.3) is 0 Å². The van der Waals surface area contributed by atoms with Gasteiger partial charge in [-0.25, -0.2) is 4.99 Å². The highest BCUT2D eigenvalue weighted by atomic mass is 16.5. The Hall–Kier alpha value is -2.99. The van der Waals surface area contributed by atoms with Crippen molar-refractivity contribution in [2.45, 2.75) is 19.9 Å². The van der Waals surface area contributed by atoms with Crippen molar-refractivity contribution in [3.05, 3.63) is 65.9 Å². The zero-order valence-electron chi connectivity index (χ0n) is 18.2. The van der Waals surface area contributed by atoms with Gasteiger partial charge in [0.1, 0.15) is 12.4 Å². The SMILES string of the molecule is CCNC(=NCc1cccc(OCCN(C)C)c1)NCCc1c[nH]c2ccccc12. The first-order valence-electron chi connectivity index (χ1n) is 10.6. The highest BCUT2D eigenvalue weighted by Crippen LogP contribution is 2.17. The molecule has 2 aromatic carbocycles. The van der Waals surface area contributed by atoms with Crippen LogP contribution in [0.4, 0.5) is 0 Å². The molecular weight excluding hydrogens is 374 g/mol. The number of fused-ring (bicyclic) bond motifs is 1. The molecule has 3 aromatic rings. The number of likely N-dealkylation sites (N-methyl/N-ethyl adjacent to an activating group) is 1. The lowest BCUT2D eigenvalue weighted by Crippen LogP contribution is -2.38. The minimum atomic E-state index is 0.604. The molecule has 0 saturated carbocycles. The highest BCUT2D eigenvalue weighted by Gasteiger charge is 2.04. The topological polar surface area (TPSA) is 64.7 Å². The number of rotatable bonds is 10. The van der Waals surface area contributed by atoms with Gasteiger partial charge in [-0.1, -0.05) is 30.3 Å². The highest BCUT2D eigenvalue weighted by molar-refractivity contribution is 5.83. The monoisotopic (exact) mass is 407 g/mol. The van der Waals surface area contributed by atoms with E-state index in [1.807, 2.05) is 26.2 Å². The summed E-state index contributed by atoms with van der Waals surface area (Å²) in [7, 11) is 4.09. The van der Waals surface area contributed by atoms with E-state index >= 15 is 0 Å². The Balaban J connectivity index is 1.54. The molecule has 0 bridgehead atoms. The van der Waals surface area contributed by atoms with Crippen LogP contribution in [-0.4, -0.2) is 56.2 Å². The molecule has 0 fully saturated rings. The molecule has 1 aromatic heterocycles. The van der Waals surface area contributed by atoms with Crippen molar-refractivity contribution >= 4 is 16.9 Å². The van der Waals surface area contributed by atoms with Gasteiger partial charge in [-0.15, -0.1) is 0 Å². The number of benzene rings is 2. The van der Waals surface area contributed by atoms with Crippen LogP contribution in [-0.2, 0) is 13.0 Å². The van der Waals surface area contributed by atoms with E-state index in [0.717, 1.165) is 43.3 Å². The van der Waals surface area contributed by atoms with Crippen LogP contribution < -0.4 is 15.4 Å².